The fourth-order valence-electron chi connectivity index (χ4n) is 2.80. The van der Waals surface area contributed by atoms with Gasteiger partial charge in [0, 0.05) is 16.7 Å². The highest BCUT2D eigenvalue weighted by molar-refractivity contribution is 9.11. The average Bonchev–Trinajstić information content (AvgIpc) is 2.76. The topological polar surface area (TPSA) is 59.6 Å². The number of fused-ring (bicyclic) bond motifs is 1. The normalized spacial score (nSPS) is 31.9. The maximum Gasteiger partial charge on any atom is 0.181 e. The summed E-state index contributed by atoms with van der Waals surface area (Å²) in [6.45, 7) is 0. The van der Waals surface area contributed by atoms with Gasteiger partial charge in [-0.05, 0) is 18.9 Å². The average molecular weight is 312 g/mol. The maximum absolute atomic E-state index is 5.70. The molecule has 0 aromatic heterocycles. The summed E-state index contributed by atoms with van der Waals surface area (Å²) in [5.74, 6) is 1.61. The zero-order valence-corrected chi connectivity index (χ0v) is 11.8. The molecule has 2 heterocycles. The van der Waals surface area contributed by atoms with Gasteiger partial charge in [0.1, 0.15) is 11.9 Å². The van der Waals surface area contributed by atoms with Gasteiger partial charge < -0.3 is 15.8 Å². The van der Waals surface area contributed by atoms with E-state index in [4.69, 9.17) is 10.5 Å². The third kappa shape index (κ3) is 2.28. The van der Waals surface area contributed by atoms with E-state index >= 15 is 0 Å². The molecular formula is C13H18BrN3O. The molecule has 0 radical (unpaired) electrons. The fraction of sp³-hybridized carbons (Fsp3) is 0.615. The van der Waals surface area contributed by atoms with Crippen molar-refractivity contribution in [3.8, 4) is 0 Å². The molecule has 1 saturated carbocycles. The van der Waals surface area contributed by atoms with Crippen LogP contribution in [0.1, 0.15) is 32.1 Å². The van der Waals surface area contributed by atoms with Crippen LogP contribution in [0.3, 0.4) is 0 Å². The zero-order chi connectivity index (χ0) is 12.5. The van der Waals surface area contributed by atoms with E-state index in [0.29, 0.717) is 11.9 Å². The number of aliphatic imine (C=N–C) groups is 1. The minimum absolute atomic E-state index is 0.0451. The van der Waals surface area contributed by atoms with Crippen molar-refractivity contribution in [2.24, 2.45) is 16.6 Å². The van der Waals surface area contributed by atoms with Crippen molar-refractivity contribution in [3.63, 3.8) is 0 Å². The Morgan fingerprint density at radius 3 is 2.89 bits per heavy atom. The largest absolute Gasteiger partial charge is 0.470 e. The monoisotopic (exact) mass is 311 g/mol. The molecule has 1 fully saturated rings. The van der Waals surface area contributed by atoms with Crippen molar-refractivity contribution < 1.29 is 4.74 Å². The highest BCUT2D eigenvalue weighted by Gasteiger charge is 2.34. The van der Waals surface area contributed by atoms with Crippen LogP contribution >= 0.6 is 15.9 Å². The van der Waals surface area contributed by atoms with E-state index in [1.165, 1.54) is 32.1 Å². The van der Waals surface area contributed by atoms with Gasteiger partial charge in [0.2, 0.25) is 0 Å². The Balaban J connectivity index is 1.73. The summed E-state index contributed by atoms with van der Waals surface area (Å²) in [7, 11) is 0. The maximum atomic E-state index is 5.70. The van der Waals surface area contributed by atoms with Crippen LogP contribution in [0.2, 0.25) is 0 Å². The lowest BCUT2D eigenvalue weighted by Crippen LogP contribution is -2.34. The lowest BCUT2D eigenvalue weighted by Gasteiger charge is -2.27. The molecule has 3 aliphatic rings. The number of nitrogens with two attached hydrogens (primary N) is 1. The van der Waals surface area contributed by atoms with Crippen LogP contribution in [-0.4, -0.2) is 18.4 Å². The molecule has 0 saturated heterocycles. The molecule has 2 aliphatic heterocycles. The van der Waals surface area contributed by atoms with Crippen molar-refractivity contribution in [3.05, 3.63) is 22.3 Å². The number of hydrogen-bond donors (Lipinski definition) is 2. The quantitative estimate of drug-likeness (QED) is 0.823. The molecule has 18 heavy (non-hydrogen) atoms. The van der Waals surface area contributed by atoms with Crippen LogP contribution in [0.4, 0.5) is 0 Å². The summed E-state index contributed by atoms with van der Waals surface area (Å²) in [6, 6.07) is 0.554. The first-order valence-electron chi connectivity index (χ1n) is 6.58. The van der Waals surface area contributed by atoms with E-state index in [2.05, 4.69) is 26.2 Å². The van der Waals surface area contributed by atoms with Gasteiger partial charge in [0.25, 0.3) is 0 Å². The fourth-order valence-corrected chi connectivity index (χ4v) is 3.41. The molecule has 0 aromatic carbocycles. The van der Waals surface area contributed by atoms with Gasteiger partial charge in [-0.2, -0.15) is 0 Å². The molecule has 3 rings (SSSR count). The Bertz CT molecular complexity index is 424. The third-order valence-electron chi connectivity index (χ3n) is 3.79. The van der Waals surface area contributed by atoms with Gasteiger partial charge >= 0.3 is 0 Å². The van der Waals surface area contributed by atoms with Gasteiger partial charge in [-0.15, -0.1) is 0 Å². The van der Waals surface area contributed by atoms with Crippen LogP contribution in [0.15, 0.2) is 27.3 Å². The molecule has 2 unspecified atom stereocenters. The number of rotatable bonds is 2. The van der Waals surface area contributed by atoms with E-state index in [1.54, 1.807) is 0 Å². The molecular weight excluding hydrogens is 294 g/mol. The molecule has 0 amide bonds. The summed E-state index contributed by atoms with van der Waals surface area (Å²) >= 11 is 3.64. The second-order valence-electron chi connectivity index (χ2n) is 5.13. The molecule has 0 spiro atoms. The van der Waals surface area contributed by atoms with Gasteiger partial charge in [0.05, 0.1) is 5.92 Å². The van der Waals surface area contributed by atoms with Crippen molar-refractivity contribution in [2.75, 3.05) is 0 Å². The number of ether oxygens (including phenoxy) is 1. The first-order chi connectivity index (χ1) is 8.74. The molecule has 2 atom stereocenters. The summed E-state index contributed by atoms with van der Waals surface area (Å²) in [4.78, 5) is 4.46. The van der Waals surface area contributed by atoms with Crippen LogP contribution < -0.4 is 11.1 Å². The highest BCUT2D eigenvalue weighted by Crippen LogP contribution is 2.35. The lowest BCUT2D eigenvalue weighted by atomic mass is 9.95. The predicted octanol–water partition coefficient (Wildman–Crippen LogP) is 2.37. The van der Waals surface area contributed by atoms with E-state index in [-0.39, 0.29) is 12.0 Å². The Morgan fingerprint density at radius 1 is 1.33 bits per heavy atom. The number of hydrogen-bond acceptors (Lipinski definition) is 4. The molecule has 4 nitrogen and oxygen atoms in total. The Labute approximate surface area is 115 Å². The standard InChI is InChI=1S/C13H18BrN3O/c14-12-9-6-11(15)18-10(9)7-16-13(12)17-8-4-2-1-3-5-8/h6-10,17H,1-5,15H2. The predicted molar refractivity (Wildman–Crippen MR) is 75.1 cm³/mol. The highest BCUT2D eigenvalue weighted by atomic mass is 79.9. The summed E-state index contributed by atoms with van der Waals surface area (Å²) in [5.41, 5.74) is 5.70. The van der Waals surface area contributed by atoms with Crippen LogP contribution in [0.5, 0.6) is 0 Å². The molecule has 98 valence electrons. The van der Waals surface area contributed by atoms with E-state index in [0.717, 1.165) is 10.3 Å². The van der Waals surface area contributed by atoms with Crippen LogP contribution in [0, 0.1) is 5.92 Å². The number of nitrogens with one attached hydrogen (secondary N) is 1. The molecule has 3 N–H and O–H groups in total. The van der Waals surface area contributed by atoms with Crippen LogP contribution in [0.25, 0.3) is 0 Å². The Hall–Kier alpha value is -0.970. The number of halogens is 1. The summed E-state index contributed by atoms with van der Waals surface area (Å²) < 4.78 is 6.53. The Kier molecular flexibility index (Phi) is 3.33. The van der Waals surface area contributed by atoms with Gasteiger partial charge in [-0.1, -0.05) is 35.2 Å². The van der Waals surface area contributed by atoms with Gasteiger partial charge in [-0.25, -0.2) is 4.99 Å². The van der Waals surface area contributed by atoms with E-state index in [1.807, 2.05) is 12.3 Å². The second kappa shape index (κ2) is 4.96. The van der Waals surface area contributed by atoms with Crippen molar-refractivity contribution in [1.82, 2.24) is 5.32 Å². The third-order valence-corrected chi connectivity index (χ3v) is 4.69. The molecule has 5 heteroatoms. The molecule has 1 aliphatic carbocycles. The zero-order valence-electron chi connectivity index (χ0n) is 10.2. The SMILES string of the molecule is NC1=CC2C(Br)=C(NC3CCCCC3)N=CC2O1. The molecule has 0 aromatic rings. The summed E-state index contributed by atoms with van der Waals surface area (Å²) in [5, 5.41) is 3.54. The summed E-state index contributed by atoms with van der Waals surface area (Å²) in [6.07, 6.45) is 10.2. The number of nitrogens with zero attached hydrogens (tertiary/aromatic N) is 1. The smallest absolute Gasteiger partial charge is 0.181 e. The first kappa shape index (κ1) is 12.1. The van der Waals surface area contributed by atoms with Crippen LogP contribution in [-0.2, 0) is 4.74 Å². The minimum Gasteiger partial charge on any atom is -0.470 e. The first-order valence-corrected chi connectivity index (χ1v) is 7.37. The van der Waals surface area contributed by atoms with Gasteiger partial charge in [-0.3, -0.25) is 0 Å². The van der Waals surface area contributed by atoms with Gasteiger partial charge in [0.15, 0.2) is 5.88 Å². The molecule has 0 bridgehead atoms. The minimum atomic E-state index is -0.0451. The van der Waals surface area contributed by atoms with Crippen molar-refractivity contribution >= 4 is 22.1 Å². The van der Waals surface area contributed by atoms with E-state index in [9.17, 15) is 0 Å². The Morgan fingerprint density at radius 2 is 2.11 bits per heavy atom. The lowest BCUT2D eigenvalue weighted by molar-refractivity contribution is 0.180. The second-order valence-corrected chi connectivity index (χ2v) is 5.99. The van der Waals surface area contributed by atoms with Crippen molar-refractivity contribution in [1.29, 1.82) is 0 Å². The van der Waals surface area contributed by atoms with Crippen molar-refractivity contribution in [2.45, 2.75) is 44.2 Å². The van der Waals surface area contributed by atoms with E-state index < -0.39 is 0 Å².